The summed E-state index contributed by atoms with van der Waals surface area (Å²) < 4.78 is 22.1. The first-order valence-corrected chi connectivity index (χ1v) is 6.58. The van der Waals surface area contributed by atoms with E-state index in [0.29, 0.717) is 5.56 Å². The van der Waals surface area contributed by atoms with Gasteiger partial charge >= 0.3 is 7.60 Å². The van der Waals surface area contributed by atoms with Crippen LogP contribution in [0.1, 0.15) is 18.9 Å². The summed E-state index contributed by atoms with van der Waals surface area (Å²) in [6.07, 6.45) is 0.246. The number of rotatable bonds is 5. The van der Waals surface area contributed by atoms with Crippen molar-refractivity contribution >= 4 is 7.60 Å². The molecule has 4 nitrogen and oxygen atoms in total. The van der Waals surface area contributed by atoms with Crippen LogP contribution in [0.2, 0.25) is 0 Å². The number of benzene rings is 1. The summed E-state index contributed by atoms with van der Waals surface area (Å²) in [5.74, 6) is 0. The topological polar surface area (TPSA) is 55.8 Å². The van der Waals surface area contributed by atoms with Crippen LogP contribution in [0.3, 0.4) is 0 Å². The third-order valence-electron chi connectivity index (χ3n) is 2.66. The summed E-state index contributed by atoms with van der Waals surface area (Å²) >= 11 is 0. The molecule has 0 saturated carbocycles. The van der Waals surface area contributed by atoms with Crippen molar-refractivity contribution in [3.05, 3.63) is 35.9 Å². The lowest BCUT2D eigenvalue weighted by atomic mass is 10.1. The average Bonchev–Trinajstić information content (AvgIpc) is 2.37. The largest absolute Gasteiger partial charge is 0.373 e. The van der Waals surface area contributed by atoms with Gasteiger partial charge in [0.05, 0.1) is 0 Å². The Labute approximate surface area is 95.7 Å². The molecule has 0 bridgehead atoms. The zero-order valence-electron chi connectivity index (χ0n) is 9.71. The van der Waals surface area contributed by atoms with Crippen molar-refractivity contribution < 1.29 is 18.7 Å². The predicted molar refractivity (Wildman–Crippen MR) is 62.3 cm³/mol. The summed E-state index contributed by atoms with van der Waals surface area (Å²) in [6.45, 7) is 1.73. The summed E-state index contributed by atoms with van der Waals surface area (Å²) in [7, 11) is -1.03. The third kappa shape index (κ3) is 2.06. The molecule has 16 heavy (non-hydrogen) atoms. The molecule has 1 aromatic carbocycles. The molecule has 0 aliphatic heterocycles. The highest BCUT2D eigenvalue weighted by atomic mass is 31.2. The molecule has 1 atom stereocenters. The van der Waals surface area contributed by atoms with E-state index in [2.05, 4.69) is 0 Å². The van der Waals surface area contributed by atoms with E-state index in [1.54, 1.807) is 31.2 Å². The van der Waals surface area contributed by atoms with Gasteiger partial charge in [-0.2, -0.15) is 0 Å². The van der Waals surface area contributed by atoms with Crippen molar-refractivity contribution in [2.24, 2.45) is 0 Å². The summed E-state index contributed by atoms with van der Waals surface area (Å²) in [4.78, 5) is 0. The molecule has 0 saturated heterocycles. The lowest BCUT2D eigenvalue weighted by Gasteiger charge is -2.32. The molecule has 1 aromatic rings. The molecule has 0 unspecified atom stereocenters. The van der Waals surface area contributed by atoms with Crippen molar-refractivity contribution in [2.75, 3.05) is 14.2 Å². The van der Waals surface area contributed by atoms with Gasteiger partial charge in [-0.1, -0.05) is 37.3 Å². The highest BCUT2D eigenvalue weighted by Gasteiger charge is 2.48. The van der Waals surface area contributed by atoms with Crippen LogP contribution >= 0.6 is 7.60 Å². The van der Waals surface area contributed by atoms with Crippen molar-refractivity contribution in [3.63, 3.8) is 0 Å². The molecule has 0 amide bonds. The molecule has 1 rings (SSSR count). The second-order valence-corrected chi connectivity index (χ2v) is 5.86. The van der Waals surface area contributed by atoms with E-state index in [0.717, 1.165) is 0 Å². The molecule has 0 radical (unpaired) electrons. The first-order valence-electron chi connectivity index (χ1n) is 5.03. The van der Waals surface area contributed by atoms with Crippen LogP contribution in [0.15, 0.2) is 30.3 Å². The second kappa shape index (κ2) is 5.11. The SMILES string of the molecule is CC[C@](O)(c1ccccc1)P(=O)(OC)OC. The van der Waals surface area contributed by atoms with Gasteiger partial charge in [0.25, 0.3) is 0 Å². The van der Waals surface area contributed by atoms with Crippen LogP contribution in [0, 0.1) is 0 Å². The molecule has 1 N–H and O–H groups in total. The standard InChI is InChI=1S/C11H17O4P/c1-4-11(12,16(13,14-2)15-3)10-8-6-5-7-9-10/h5-9,12H,4H2,1-3H3/t11-/m1/s1. The van der Waals surface area contributed by atoms with E-state index < -0.39 is 12.9 Å². The van der Waals surface area contributed by atoms with Crippen LogP contribution in [-0.2, 0) is 19.0 Å². The van der Waals surface area contributed by atoms with Crippen LogP contribution < -0.4 is 0 Å². The van der Waals surface area contributed by atoms with Gasteiger partial charge in [-0.15, -0.1) is 0 Å². The van der Waals surface area contributed by atoms with Crippen molar-refractivity contribution in [2.45, 2.75) is 18.7 Å². The highest BCUT2D eigenvalue weighted by Crippen LogP contribution is 2.63. The Balaban J connectivity index is 3.27. The maximum absolute atomic E-state index is 12.3. The molecule has 0 fully saturated rings. The molecule has 0 aromatic heterocycles. The lowest BCUT2D eigenvalue weighted by molar-refractivity contribution is 0.0730. The van der Waals surface area contributed by atoms with Gasteiger partial charge in [0.2, 0.25) is 0 Å². The van der Waals surface area contributed by atoms with E-state index in [-0.39, 0.29) is 6.42 Å². The Morgan fingerprint density at radius 3 is 2.12 bits per heavy atom. The number of hydrogen-bond donors (Lipinski definition) is 1. The van der Waals surface area contributed by atoms with E-state index >= 15 is 0 Å². The minimum absolute atomic E-state index is 0.246. The van der Waals surface area contributed by atoms with Crippen LogP contribution in [0.5, 0.6) is 0 Å². The molecule has 0 spiro atoms. The van der Waals surface area contributed by atoms with Crippen LogP contribution in [0.4, 0.5) is 0 Å². The fourth-order valence-electron chi connectivity index (χ4n) is 1.64. The van der Waals surface area contributed by atoms with Gasteiger partial charge in [0.1, 0.15) is 0 Å². The van der Waals surface area contributed by atoms with Crippen LogP contribution in [-0.4, -0.2) is 19.3 Å². The molecule has 90 valence electrons. The van der Waals surface area contributed by atoms with Gasteiger partial charge in [0.15, 0.2) is 5.34 Å². The minimum Gasteiger partial charge on any atom is -0.373 e. The monoisotopic (exact) mass is 244 g/mol. The number of aliphatic hydroxyl groups is 1. The summed E-state index contributed by atoms with van der Waals surface area (Å²) in [5, 5.41) is 8.90. The smallest absolute Gasteiger partial charge is 0.365 e. The Morgan fingerprint density at radius 2 is 1.75 bits per heavy atom. The first kappa shape index (κ1) is 13.4. The Morgan fingerprint density at radius 1 is 1.25 bits per heavy atom. The molecule has 5 heteroatoms. The van der Waals surface area contributed by atoms with E-state index in [4.69, 9.17) is 9.05 Å². The average molecular weight is 244 g/mol. The van der Waals surface area contributed by atoms with Gasteiger partial charge < -0.3 is 14.2 Å². The van der Waals surface area contributed by atoms with E-state index in [1.807, 2.05) is 6.07 Å². The summed E-state index contributed by atoms with van der Waals surface area (Å²) in [5.41, 5.74) is 0.532. The summed E-state index contributed by atoms with van der Waals surface area (Å²) in [6, 6.07) is 8.77. The Bertz CT molecular complexity index is 371. The van der Waals surface area contributed by atoms with E-state index in [9.17, 15) is 9.67 Å². The fraction of sp³-hybridized carbons (Fsp3) is 0.455. The lowest BCUT2D eigenvalue weighted by Crippen LogP contribution is -2.26. The van der Waals surface area contributed by atoms with Gasteiger partial charge in [-0.25, -0.2) is 0 Å². The number of hydrogen-bond acceptors (Lipinski definition) is 4. The normalized spacial score (nSPS) is 15.8. The molecule has 0 heterocycles. The van der Waals surface area contributed by atoms with Crippen molar-refractivity contribution in [1.29, 1.82) is 0 Å². The molecular weight excluding hydrogens is 227 g/mol. The molecule has 0 aliphatic rings. The maximum Gasteiger partial charge on any atom is 0.365 e. The van der Waals surface area contributed by atoms with Gasteiger partial charge in [-0.05, 0) is 12.0 Å². The second-order valence-electron chi connectivity index (χ2n) is 3.40. The molecular formula is C11H17O4P. The zero-order valence-corrected chi connectivity index (χ0v) is 10.6. The third-order valence-corrected chi connectivity index (χ3v) is 5.10. The Kier molecular flexibility index (Phi) is 4.28. The minimum atomic E-state index is -3.57. The van der Waals surface area contributed by atoms with Gasteiger partial charge in [-0.3, -0.25) is 4.57 Å². The van der Waals surface area contributed by atoms with Gasteiger partial charge in [0, 0.05) is 14.2 Å². The molecule has 0 aliphatic carbocycles. The zero-order chi connectivity index (χ0) is 12.2. The van der Waals surface area contributed by atoms with Crippen molar-refractivity contribution in [1.82, 2.24) is 0 Å². The van der Waals surface area contributed by atoms with E-state index in [1.165, 1.54) is 14.2 Å². The first-order chi connectivity index (χ1) is 7.54. The Hall–Kier alpha value is -0.670. The predicted octanol–water partition coefficient (Wildman–Crippen LogP) is 2.73. The maximum atomic E-state index is 12.3. The van der Waals surface area contributed by atoms with Crippen LogP contribution in [0.25, 0.3) is 0 Å². The fourth-order valence-corrected chi connectivity index (χ4v) is 3.24. The van der Waals surface area contributed by atoms with Crippen molar-refractivity contribution in [3.8, 4) is 0 Å². The quantitative estimate of drug-likeness (QED) is 0.809. The highest BCUT2D eigenvalue weighted by molar-refractivity contribution is 7.54.